The third-order valence-corrected chi connectivity index (χ3v) is 4.49. The molecule has 2 nitrogen and oxygen atoms in total. The molecule has 0 aromatic heterocycles. The van der Waals surface area contributed by atoms with Crippen LogP contribution >= 0.6 is 0 Å². The second-order valence-electron chi connectivity index (χ2n) is 5.93. The van der Waals surface area contributed by atoms with Gasteiger partial charge in [-0.05, 0) is 29.8 Å². The Morgan fingerprint density at radius 3 is 1.74 bits per heavy atom. The Kier molecular flexibility index (Phi) is 3.73. The summed E-state index contributed by atoms with van der Waals surface area (Å²) in [5, 5.41) is 0. The number of anilines is 2. The molecule has 0 aliphatic carbocycles. The molecule has 1 saturated heterocycles. The Hall–Kier alpha value is -2.74. The molecule has 114 valence electrons. The van der Waals surface area contributed by atoms with Crippen molar-refractivity contribution in [3.8, 4) is 0 Å². The van der Waals surface area contributed by atoms with Gasteiger partial charge in [-0.15, -0.1) is 0 Å². The van der Waals surface area contributed by atoms with Crippen molar-refractivity contribution < 1.29 is 0 Å². The van der Waals surface area contributed by atoms with Gasteiger partial charge in [-0.3, -0.25) is 0 Å². The molecular weight excluding hydrogens is 280 g/mol. The lowest BCUT2D eigenvalue weighted by Gasteiger charge is -2.25. The van der Waals surface area contributed by atoms with Crippen LogP contribution in [0.25, 0.3) is 0 Å². The molecule has 0 spiro atoms. The predicted molar refractivity (Wildman–Crippen MR) is 96.8 cm³/mol. The van der Waals surface area contributed by atoms with E-state index in [4.69, 9.17) is 0 Å². The van der Waals surface area contributed by atoms with E-state index in [1.165, 1.54) is 16.9 Å². The molecule has 1 unspecified atom stereocenters. The summed E-state index contributed by atoms with van der Waals surface area (Å²) in [5.74, 6) is 0. The lowest BCUT2D eigenvalue weighted by atomic mass is 10.1. The SMILES string of the molecule is c1ccc(C2CN(c3ccccc3)CN2c2ccccc2)cc1. The molecule has 0 saturated carbocycles. The van der Waals surface area contributed by atoms with Gasteiger partial charge in [0.15, 0.2) is 0 Å². The van der Waals surface area contributed by atoms with E-state index in [0.717, 1.165) is 13.2 Å². The Balaban J connectivity index is 1.70. The first-order valence-electron chi connectivity index (χ1n) is 8.08. The molecule has 1 aliphatic rings. The van der Waals surface area contributed by atoms with Crippen LogP contribution in [0.2, 0.25) is 0 Å². The molecular formula is C21H20N2. The quantitative estimate of drug-likeness (QED) is 0.691. The Bertz CT molecular complexity index is 693. The van der Waals surface area contributed by atoms with Gasteiger partial charge in [-0.1, -0.05) is 66.7 Å². The number of rotatable bonds is 3. The van der Waals surface area contributed by atoms with Crippen LogP contribution in [0.4, 0.5) is 11.4 Å². The van der Waals surface area contributed by atoms with E-state index in [-0.39, 0.29) is 0 Å². The van der Waals surface area contributed by atoms with Crippen molar-refractivity contribution in [1.82, 2.24) is 0 Å². The smallest absolute Gasteiger partial charge is 0.0910 e. The summed E-state index contributed by atoms with van der Waals surface area (Å²) in [7, 11) is 0. The van der Waals surface area contributed by atoms with Crippen molar-refractivity contribution in [2.24, 2.45) is 0 Å². The minimum Gasteiger partial charge on any atom is -0.351 e. The molecule has 1 heterocycles. The zero-order valence-corrected chi connectivity index (χ0v) is 13.0. The Morgan fingerprint density at radius 2 is 1.13 bits per heavy atom. The van der Waals surface area contributed by atoms with Crippen LogP contribution in [0.3, 0.4) is 0 Å². The van der Waals surface area contributed by atoms with Gasteiger partial charge in [0.1, 0.15) is 0 Å². The molecule has 3 aromatic carbocycles. The fraction of sp³-hybridized carbons (Fsp3) is 0.143. The average molecular weight is 300 g/mol. The van der Waals surface area contributed by atoms with Crippen molar-refractivity contribution in [2.75, 3.05) is 23.0 Å². The van der Waals surface area contributed by atoms with Gasteiger partial charge in [-0.25, -0.2) is 0 Å². The molecule has 0 N–H and O–H groups in total. The molecule has 2 heteroatoms. The highest BCUT2D eigenvalue weighted by atomic mass is 15.4. The molecule has 4 rings (SSSR count). The minimum absolute atomic E-state index is 0.374. The first-order valence-corrected chi connectivity index (χ1v) is 8.08. The maximum absolute atomic E-state index is 2.49. The van der Waals surface area contributed by atoms with E-state index < -0.39 is 0 Å². The summed E-state index contributed by atoms with van der Waals surface area (Å²) in [4.78, 5) is 4.94. The van der Waals surface area contributed by atoms with Gasteiger partial charge in [-0.2, -0.15) is 0 Å². The summed E-state index contributed by atoms with van der Waals surface area (Å²) < 4.78 is 0. The maximum Gasteiger partial charge on any atom is 0.0910 e. The predicted octanol–water partition coefficient (Wildman–Crippen LogP) is 4.71. The molecule has 0 radical (unpaired) electrons. The molecule has 0 amide bonds. The summed E-state index contributed by atoms with van der Waals surface area (Å²) in [5.41, 5.74) is 3.93. The van der Waals surface area contributed by atoms with Crippen molar-refractivity contribution in [1.29, 1.82) is 0 Å². The summed E-state index contributed by atoms with van der Waals surface area (Å²) >= 11 is 0. The van der Waals surface area contributed by atoms with Crippen LogP contribution in [0, 0.1) is 0 Å². The van der Waals surface area contributed by atoms with Crippen molar-refractivity contribution in [3.63, 3.8) is 0 Å². The zero-order chi connectivity index (χ0) is 15.5. The van der Waals surface area contributed by atoms with Crippen molar-refractivity contribution in [3.05, 3.63) is 96.6 Å². The van der Waals surface area contributed by atoms with Gasteiger partial charge >= 0.3 is 0 Å². The number of benzene rings is 3. The first-order chi connectivity index (χ1) is 11.4. The van der Waals surface area contributed by atoms with Crippen LogP contribution < -0.4 is 9.80 Å². The second-order valence-corrected chi connectivity index (χ2v) is 5.93. The third kappa shape index (κ3) is 2.80. The molecule has 1 fully saturated rings. The fourth-order valence-corrected chi connectivity index (χ4v) is 3.32. The minimum atomic E-state index is 0.374. The van der Waals surface area contributed by atoms with Gasteiger partial charge in [0.2, 0.25) is 0 Å². The van der Waals surface area contributed by atoms with E-state index in [1.54, 1.807) is 0 Å². The molecule has 23 heavy (non-hydrogen) atoms. The molecule has 0 bridgehead atoms. The lowest BCUT2D eigenvalue weighted by Crippen LogP contribution is -2.25. The topological polar surface area (TPSA) is 6.48 Å². The van der Waals surface area contributed by atoms with Gasteiger partial charge in [0.05, 0.1) is 12.7 Å². The Morgan fingerprint density at radius 1 is 0.609 bits per heavy atom. The van der Waals surface area contributed by atoms with Crippen LogP contribution in [-0.4, -0.2) is 13.2 Å². The van der Waals surface area contributed by atoms with E-state index in [0.29, 0.717) is 6.04 Å². The van der Waals surface area contributed by atoms with Crippen LogP contribution in [0.1, 0.15) is 11.6 Å². The summed E-state index contributed by atoms with van der Waals surface area (Å²) in [6, 6.07) is 32.6. The summed E-state index contributed by atoms with van der Waals surface area (Å²) in [6.07, 6.45) is 0. The highest BCUT2D eigenvalue weighted by molar-refractivity contribution is 5.57. The first kappa shape index (κ1) is 13.9. The van der Waals surface area contributed by atoms with Gasteiger partial charge < -0.3 is 9.80 Å². The fourth-order valence-electron chi connectivity index (χ4n) is 3.32. The molecule has 1 aliphatic heterocycles. The number of para-hydroxylation sites is 2. The number of hydrogen-bond donors (Lipinski definition) is 0. The average Bonchev–Trinajstić information content (AvgIpc) is 3.09. The maximum atomic E-state index is 2.49. The standard InChI is InChI=1S/C21H20N2/c1-4-10-18(11-5-1)21-16-22(19-12-6-2-7-13-19)17-23(21)20-14-8-3-9-15-20/h1-15,21H,16-17H2. The largest absolute Gasteiger partial charge is 0.351 e. The third-order valence-electron chi connectivity index (χ3n) is 4.49. The van der Waals surface area contributed by atoms with Crippen LogP contribution in [-0.2, 0) is 0 Å². The number of hydrogen-bond acceptors (Lipinski definition) is 2. The van der Waals surface area contributed by atoms with Gasteiger partial charge in [0, 0.05) is 17.9 Å². The monoisotopic (exact) mass is 300 g/mol. The van der Waals surface area contributed by atoms with Crippen molar-refractivity contribution >= 4 is 11.4 Å². The van der Waals surface area contributed by atoms with E-state index >= 15 is 0 Å². The molecule has 3 aromatic rings. The number of nitrogens with zero attached hydrogens (tertiary/aromatic N) is 2. The lowest BCUT2D eigenvalue weighted by molar-refractivity contribution is 0.763. The van der Waals surface area contributed by atoms with E-state index in [2.05, 4.69) is 101 Å². The Labute approximate surface area is 137 Å². The highest BCUT2D eigenvalue weighted by Gasteiger charge is 2.31. The second kappa shape index (κ2) is 6.17. The normalized spacial score (nSPS) is 17.5. The van der Waals surface area contributed by atoms with E-state index in [9.17, 15) is 0 Å². The van der Waals surface area contributed by atoms with Gasteiger partial charge in [0.25, 0.3) is 0 Å². The zero-order valence-electron chi connectivity index (χ0n) is 13.0. The molecule has 1 atom stereocenters. The van der Waals surface area contributed by atoms with Crippen LogP contribution in [0.15, 0.2) is 91.0 Å². The highest BCUT2D eigenvalue weighted by Crippen LogP contribution is 2.34. The van der Waals surface area contributed by atoms with Crippen molar-refractivity contribution in [2.45, 2.75) is 6.04 Å². The summed E-state index contributed by atoms with van der Waals surface area (Å²) in [6.45, 7) is 1.91. The van der Waals surface area contributed by atoms with Crippen LogP contribution in [0.5, 0.6) is 0 Å². The van der Waals surface area contributed by atoms with E-state index in [1.807, 2.05) is 0 Å².